The van der Waals surface area contributed by atoms with Gasteiger partial charge in [0.2, 0.25) is 5.91 Å². The van der Waals surface area contributed by atoms with E-state index in [1.54, 1.807) is 30.6 Å². The highest BCUT2D eigenvalue weighted by Gasteiger charge is 2.17. The number of carboxylic acids is 2. The number of ketones is 1. The summed E-state index contributed by atoms with van der Waals surface area (Å²) in [5.74, 6) is 4.33. The predicted octanol–water partition coefficient (Wildman–Crippen LogP) is 8.87. The van der Waals surface area contributed by atoms with Gasteiger partial charge in [-0.25, -0.2) is 0 Å². The summed E-state index contributed by atoms with van der Waals surface area (Å²) in [6.45, 7) is 31.5. The average molecular weight is 2330 g/mol. The van der Waals surface area contributed by atoms with Gasteiger partial charge in [-0.2, -0.15) is 61.4 Å². The first kappa shape index (κ1) is 147. The minimum Gasteiger partial charge on any atom is -0.550 e. The summed E-state index contributed by atoms with van der Waals surface area (Å²) in [6, 6.07) is 0. The van der Waals surface area contributed by atoms with Crippen molar-refractivity contribution in [2.24, 2.45) is 5.73 Å². The number of halogens is 3. The summed E-state index contributed by atoms with van der Waals surface area (Å²) in [7, 11) is 3.11. The Balaban J connectivity index is -0.000000778. The lowest BCUT2D eigenvalue weighted by molar-refractivity contribution is -0.305. The molecule has 0 spiro atoms. The molecule has 0 saturated carbocycles. The smallest absolute Gasteiger partial charge is 0.303 e. The van der Waals surface area contributed by atoms with Gasteiger partial charge in [-0.05, 0) is 132 Å². The molecule has 46 heteroatoms. The molecule has 5 aliphatic rings. The second kappa shape index (κ2) is 134. The maximum Gasteiger partial charge on any atom is 0.303 e. The molecule has 0 aromatic heterocycles. The standard InChI is InChI=1S/C19H36O7S.C15H29BrO6.2C15H30O6S.C11H22O6.C9H17NO3S.C6H12O2S.C4H8Br2.CH5N/c1-2-18(20)17-27-14-4-3-5-24-15-19-16-25-11-10-22-7-6-21-8-9-23-12-13-26-19;16-3-1-2-4-20-13-15-14-21-10-9-18-6-5-17-7-8-19-11-12-22-15;2*22-12-2-1-3-19-13-15-14-20-9-8-17-5-4-16-6-7-18-10-11-21-15;12-9-11-10-16-6-5-14-2-1-13-3-4-15-7-8-17-11;1-10-8(11)7-14-6-4-2-3-5-9(12)13;7-6(8)4-2-1-3-5-9;5-3-1-2-4-6;1-2/h19H,2-17H2,1H3;15H,1-14H2;2*15,22H,1-14H2;11-12H,1-10H2;2-7H2,1H3,(H,10,11)(H,12,13);9H,1-5H2,(H,7,8);1-4H2;2H2,1H3/p-1. The number of alkyl halides is 3. The number of aliphatic hydroxyl groups excluding tert-OH is 1. The molecule has 5 N–H and O–H groups in total. The van der Waals surface area contributed by atoms with Crippen molar-refractivity contribution < 1.29 is 172 Å². The quantitative estimate of drug-likeness (QED) is 0.0170. The summed E-state index contributed by atoms with van der Waals surface area (Å²) < 4.78 is 159. The molecule has 141 heavy (non-hydrogen) atoms. The summed E-state index contributed by atoms with van der Waals surface area (Å²) in [5.41, 5.74) is 4.50. The number of carbonyl (C=O) groups excluding carboxylic acids is 3. The van der Waals surface area contributed by atoms with Gasteiger partial charge in [0.1, 0.15) is 36.3 Å². The third-order valence-corrected chi connectivity index (χ3v) is 23.0. The fourth-order valence-electron chi connectivity index (χ4n) is 10.6. The zero-order chi connectivity index (χ0) is 104. The molecule has 0 aromatic rings. The van der Waals surface area contributed by atoms with Crippen LogP contribution in [0.1, 0.15) is 129 Å². The Morgan fingerprint density at radius 2 is 0.553 bits per heavy atom. The lowest BCUT2D eigenvalue weighted by Crippen LogP contribution is -2.28. The number of thiol groups is 3. The van der Waals surface area contributed by atoms with Crippen LogP contribution in [0.3, 0.4) is 0 Å². The topological polar surface area (TPSA) is 438 Å². The first-order valence-corrected chi connectivity index (χ1v) is 57.9. The van der Waals surface area contributed by atoms with E-state index in [4.69, 9.17) is 148 Å². The summed E-state index contributed by atoms with van der Waals surface area (Å²) in [6.07, 6.45) is 16.7. The third kappa shape index (κ3) is 132. The largest absolute Gasteiger partial charge is 0.550 e. The summed E-state index contributed by atoms with van der Waals surface area (Å²) >= 11 is 25.7. The Kier molecular flexibility index (Phi) is 140. The number of ether oxygens (including phenoxy) is 29. The first-order valence-electron chi connectivity index (χ1n) is 50.3. The van der Waals surface area contributed by atoms with Crippen LogP contribution in [0.4, 0.5) is 0 Å². The van der Waals surface area contributed by atoms with Gasteiger partial charge in [0.05, 0.1) is 342 Å². The van der Waals surface area contributed by atoms with Crippen molar-refractivity contribution in [3.63, 3.8) is 0 Å². The number of rotatable bonds is 45. The minimum absolute atomic E-state index is 0.0322. The van der Waals surface area contributed by atoms with Crippen molar-refractivity contribution in [1.82, 2.24) is 5.32 Å². The first-order chi connectivity index (χ1) is 69.4. The summed E-state index contributed by atoms with van der Waals surface area (Å²) in [5, 5.41) is 33.1. The van der Waals surface area contributed by atoms with E-state index >= 15 is 0 Å². The highest BCUT2D eigenvalue weighted by Crippen LogP contribution is 2.11. The van der Waals surface area contributed by atoms with E-state index in [-0.39, 0.29) is 49.5 Å². The molecule has 5 heterocycles. The van der Waals surface area contributed by atoms with Crippen molar-refractivity contribution >= 4 is 133 Å². The van der Waals surface area contributed by atoms with Gasteiger partial charge in [-0.1, -0.05) is 67.6 Å². The van der Waals surface area contributed by atoms with Gasteiger partial charge in [0, 0.05) is 68.3 Å². The number of hydrogen-bond acceptors (Lipinski definition) is 41. The number of amides is 1. The molecular weight excluding hydrogens is 2150 g/mol. The Bertz CT molecular complexity index is 2210. The molecule has 38 nitrogen and oxygen atoms in total. The number of aliphatic hydroxyl groups is 1. The SMILES string of the molecule is BrCCCCBr.BrCCCCOCC1COCCOCCOCCOCCO1.CCC(=O)CSCCCCOCC1COCCOCCOCCOCCO1.CN.CNC(=O)CSCCCCCC(=O)[O-].O=C(O)CCCCCS.OCC1COCCOCCOCCOCCO1.SCCCCOCC1COCCOCCOCCOCCO1.SCCCCOCC1COCCOCCOCCOCCO1. The molecule has 0 bridgehead atoms. The fraction of sp³-hybridized carbons (Fsp3) is 0.958. The molecule has 5 atom stereocenters. The lowest BCUT2D eigenvalue weighted by Gasteiger charge is -2.18. The van der Waals surface area contributed by atoms with Crippen LogP contribution in [0.15, 0.2) is 0 Å². The highest BCUT2D eigenvalue weighted by atomic mass is 79.9. The lowest BCUT2D eigenvalue weighted by atomic mass is 10.2. The Hall–Kier alpha value is 0.0300. The van der Waals surface area contributed by atoms with Crippen molar-refractivity contribution in [2.45, 2.75) is 159 Å². The Labute approximate surface area is 896 Å². The van der Waals surface area contributed by atoms with Crippen molar-refractivity contribution in [2.75, 3.05) is 427 Å². The van der Waals surface area contributed by atoms with Gasteiger partial charge in [-0.3, -0.25) is 14.4 Å². The second-order valence-corrected chi connectivity index (χ2v) is 36.3. The van der Waals surface area contributed by atoms with Crippen LogP contribution in [0.2, 0.25) is 0 Å². The molecule has 5 saturated heterocycles. The molecular formula is C95H188Br3N2O36S5-. The maximum atomic E-state index is 11.2. The van der Waals surface area contributed by atoms with Crippen LogP contribution in [0.25, 0.3) is 0 Å². The highest BCUT2D eigenvalue weighted by molar-refractivity contribution is 9.09. The molecule has 846 valence electrons. The molecule has 5 unspecified atom stereocenters. The molecule has 1 amide bonds. The normalized spacial score (nSPS) is 20.4. The molecule has 5 rings (SSSR count). The van der Waals surface area contributed by atoms with E-state index in [1.165, 1.54) is 19.9 Å². The average Bonchev–Trinajstić information content (AvgIpc) is 1.95. The summed E-state index contributed by atoms with van der Waals surface area (Å²) in [4.78, 5) is 42.0. The van der Waals surface area contributed by atoms with E-state index in [2.05, 4.69) is 96.7 Å². The van der Waals surface area contributed by atoms with Gasteiger partial charge < -0.3 is 169 Å². The van der Waals surface area contributed by atoms with Gasteiger partial charge in [0.25, 0.3) is 0 Å². The van der Waals surface area contributed by atoms with Crippen molar-refractivity contribution in [1.29, 1.82) is 0 Å². The van der Waals surface area contributed by atoms with Crippen LogP contribution in [0.5, 0.6) is 0 Å². The molecule has 0 aromatic carbocycles. The predicted molar refractivity (Wildman–Crippen MR) is 568 cm³/mol. The van der Waals surface area contributed by atoms with Crippen LogP contribution in [-0.2, 0) is 157 Å². The number of aliphatic carboxylic acids is 2. The molecule has 0 aliphatic carbocycles. The van der Waals surface area contributed by atoms with E-state index in [0.717, 1.165) is 148 Å². The van der Waals surface area contributed by atoms with E-state index < -0.39 is 11.9 Å². The second-order valence-electron chi connectivity index (χ2n) is 30.3. The van der Waals surface area contributed by atoms with Crippen LogP contribution >= 0.6 is 109 Å². The van der Waals surface area contributed by atoms with Crippen LogP contribution in [0, 0.1) is 0 Å². The van der Waals surface area contributed by atoms with Crippen LogP contribution < -0.4 is 16.2 Å². The number of unbranched alkanes of at least 4 members (excludes halogenated alkanes) is 9. The fourth-order valence-corrected chi connectivity index (χ4v) is 14.3. The van der Waals surface area contributed by atoms with Gasteiger partial charge in [0.15, 0.2) is 0 Å². The number of nitrogens with one attached hydrogen (secondary N) is 1. The number of thioether (sulfide) groups is 2. The van der Waals surface area contributed by atoms with Crippen LogP contribution in [-0.4, -0.2) is 491 Å². The number of Topliss-reactive ketones (excluding diaryl/α,β-unsaturated/α-hetero) is 1. The van der Waals surface area contributed by atoms with Gasteiger partial charge in [-0.15, -0.1) is 0 Å². The Morgan fingerprint density at radius 1 is 0.326 bits per heavy atom. The zero-order valence-electron chi connectivity index (χ0n) is 85.7. The maximum absolute atomic E-state index is 11.2. The van der Waals surface area contributed by atoms with Gasteiger partial charge >= 0.3 is 5.97 Å². The Morgan fingerprint density at radius 3 is 0.816 bits per heavy atom. The third-order valence-electron chi connectivity index (χ3n) is 18.2. The van der Waals surface area contributed by atoms with E-state index in [0.29, 0.717) is 367 Å². The molecule has 5 fully saturated rings. The minimum atomic E-state index is -0.983. The van der Waals surface area contributed by atoms with E-state index in [1.807, 2.05) is 6.92 Å². The molecule has 0 radical (unpaired) electrons. The van der Waals surface area contributed by atoms with Crippen molar-refractivity contribution in [3.05, 3.63) is 0 Å². The number of hydrogen-bond donors (Lipinski definition) is 7. The van der Waals surface area contributed by atoms with Crippen molar-refractivity contribution in [3.8, 4) is 0 Å². The zero-order valence-corrected chi connectivity index (χ0v) is 94.8. The number of carboxylic acid groups (broad SMARTS) is 2. The number of nitrogens with two attached hydrogens (primary N) is 1. The monoisotopic (exact) mass is 2330 g/mol. The number of carbonyl (C=O) groups is 4. The molecule has 5 aliphatic heterocycles. The van der Waals surface area contributed by atoms with E-state index in [9.17, 15) is 24.3 Å².